The standard InChI is InChI=1S/C20H32O3/c1-13-5-7-14(8-6-13)15-3-2-4-16(11-15)20(21)22-17-9-10-18-19(12-17)23-18/h13-19H,2-12H2,1H3. The third kappa shape index (κ3) is 3.75. The predicted octanol–water partition coefficient (Wildman–Crippen LogP) is 4.48. The van der Waals surface area contributed by atoms with Gasteiger partial charge in [0.05, 0.1) is 18.1 Å². The van der Waals surface area contributed by atoms with Crippen molar-refractivity contribution in [2.45, 2.75) is 95.9 Å². The Balaban J connectivity index is 1.27. The summed E-state index contributed by atoms with van der Waals surface area (Å²) >= 11 is 0. The summed E-state index contributed by atoms with van der Waals surface area (Å²) in [5.41, 5.74) is 0. The lowest BCUT2D eigenvalue weighted by molar-refractivity contribution is -0.157. The smallest absolute Gasteiger partial charge is 0.309 e. The number of epoxide rings is 1. The van der Waals surface area contributed by atoms with Crippen molar-refractivity contribution < 1.29 is 14.3 Å². The molecule has 5 unspecified atom stereocenters. The number of fused-ring (bicyclic) bond motifs is 1. The maximum atomic E-state index is 12.6. The summed E-state index contributed by atoms with van der Waals surface area (Å²) in [6, 6.07) is 0. The van der Waals surface area contributed by atoms with Gasteiger partial charge in [0.15, 0.2) is 0 Å². The van der Waals surface area contributed by atoms with Gasteiger partial charge in [0.1, 0.15) is 6.10 Å². The van der Waals surface area contributed by atoms with Crippen LogP contribution in [-0.2, 0) is 14.3 Å². The molecular formula is C20H32O3. The van der Waals surface area contributed by atoms with Gasteiger partial charge in [-0.2, -0.15) is 0 Å². The van der Waals surface area contributed by atoms with E-state index in [0.29, 0.717) is 12.2 Å². The van der Waals surface area contributed by atoms with Gasteiger partial charge in [-0.05, 0) is 56.3 Å². The van der Waals surface area contributed by atoms with Crippen molar-refractivity contribution in [1.29, 1.82) is 0 Å². The molecule has 23 heavy (non-hydrogen) atoms. The number of carbonyl (C=O) groups excluding carboxylic acids is 1. The fourth-order valence-electron chi connectivity index (χ4n) is 5.36. The molecule has 4 rings (SSSR count). The van der Waals surface area contributed by atoms with E-state index in [4.69, 9.17) is 9.47 Å². The maximum Gasteiger partial charge on any atom is 0.309 e. The molecular weight excluding hydrogens is 288 g/mol. The number of hydrogen-bond acceptors (Lipinski definition) is 3. The molecule has 1 heterocycles. The van der Waals surface area contributed by atoms with Gasteiger partial charge in [-0.3, -0.25) is 4.79 Å². The van der Waals surface area contributed by atoms with Crippen molar-refractivity contribution in [3.63, 3.8) is 0 Å². The van der Waals surface area contributed by atoms with Crippen LogP contribution in [0.4, 0.5) is 0 Å². The summed E-state index contributed by atoms with van der Waals surface area (Å²) in [7, 11) is 0. The second kappa shape index (κ2) is 6.74. The maximum absolute atomic E-state index is 12.6. The molecule has 0 amide bonds. The molecule has 3 nitrogen and oxygen atoms in total. The van der Waals surface area contributed by atoms with Crippen LogP contribution in [0.5, 0.6) is 0 Å². The van der Waals surface area contributed by atoms with E-state index in [1.807, 2.05) is 0 Å². The van der Waals surface area contributed by atoms with Crippen LogP contribution in [0.3, 0.4) is 0 Å². The van der Waals surface area contributed by atoms with Crippen LogP contribution >= 0.6 is 0 Å². The van der Waals surface area contributed by atoms with Gasteiger partial charge in [-0.15, -0.1) is 0 Å². The Morgan fingerprint density at radius 1 is 0.870 bits per heavy atom. The number of rotatable bonds is 3. The molecule has 0 aromatic heterocycles. The third-order valence-corrected chi connectivity index (χ3v) is 7.01. The number of esters is 1. The van der Waals surface area contributed by atoms with E-state index in [-0.39, 0.29) is 18.0 Å². The van der Waals surface area contributed by atoms with E-state index in [9.17, 15) is 4.79 Å². The molecule has 3 heteroatoms. The van der Waals surface area contributed by atoms with E-state index in [1.54, 1.807) is 0 Å². The number of ether oxygens (including phenoxy) is 2. The first-order valence-corrected chi connectivity index (χ1v) is 10.0. The van der Waals surface area contributed by atoms with Gasteiger partial charge in [0.25, 0.3) is 0 Å². The first kappa shape index (κ1) is 15.9. The van der Waals surface area contributed by atoms with Crippen LogP contribution < -0.4 is 0 Å². The zero-order chi connectivity index (χ0) is 15.8. The van der Waals surface area contributed by atoms with E-state index in [2.05, 4.69) is 6.92 Å². The molecule has 0 radical (unpaired) electrons. The van der Waals surface area contributed by atoms with Crippen molar-refractivity contribution in [3.8, 4) is 0 Å². The zero-order valence-corrected chi connectivity index (χ0v) is 14.5. The van der Waals surface area contributed by atoms with Crippen LogP contribution in [0.2, 0.25) is 0 Å². The van der Waals surface area contributed by atoms with Crippen molar-refractivity contribution in [2.75, 3.05) is 0 Å². The Morgan fingerprint density at radius 2 is 1.70 bits per heavy atom. The van der Waals surface area contributed by atoms with Crippen LogP contribution in [0.15, 0.2) is 0 Å². The topological polar surface area (TPSA) is 38.8 Å². The Kier molecular flexibility index (Phi) is 4.67. The lowest BCUT2D eigenvalue weighted by atomic mass is 9.69. The summed E-state index contributed by atoms with van der Waals surface area (Å²) in [5.74, 6) is 2.83. The second-order valence-electron chi connectivity index (χ2n) is 8.73. The van der Waals surface area contributed by atoms with Crippen LogP contribution in [-0.4, -0.2) is 24.3 Å². The van der Waals surface area contributed by atoms with Crippen molar-refractivity contribution >= 4 is 5.97 Å². The Bertz CT molecular complexity index is 427. The van der Waals surface area contributed by atoms with Crippen molar-refractivity contribution in [1.82, 2.24) is 0 Å². The van der Waals surface area contributed by atoms with Crippen molar-refractivity contribution in [2.24, 2.45) is 23.7 Å². The minimum Gasteiger partial charge on any atom is -0.462 e. The Hall–Kier alpha value is -0.570. The average Bonchev–Trinajstić information content (AvgIpc) is 3.34. The van der Waals surface area contributed by atoms with Gasteiger partial charge < -0.3 is 9.47 Å². The minimum atomic E-state index is 0.1000. The summed E-state index contributed by atoms with van der Waals surface area (Å²) in [6.07, 6.45) is 14.3. The predicted molar refractivity (Wildman–Crippen MR) is 89.0 cm³/mol. The van der Waals surface area contributed by atoms with Gasteiger partial charge in [0.2, 0.25) is 0 Å². The lowest BCUT2D eigenvalue weighted by Crippen LogP contribution is -2.33. The molecule has 5 atom stereocenters. The summed E-state index contributed by atoms with van der Waals surface area (Å²) in [4.78, 5) is 12.6. The van der Waals surface area contributed by atoms with Gasteiger partial charge in [0, 0.05) is 6.42 Å². The fourth-order valence-corrected chi connectivity index (χ4v) is 5.36. The molecule has 3 aliphatic carbocycles. The summed E-state index contributed by atoms with van der Waals surface area (Å²) in [5, 5.41) is 0. The largest absolute Gasteiger partial charge is 0.462 e. The Morgan fingerprint density at radius 3 is 2.48 bits per heavy atom. The number of hydrogen-bond donors (Lipinski definition) is 0. The molecule has 0 N–H and O–H groups in total. The van der Waals surface area contributed by atoms with E-state index < -0.39 is 0 Å². The zero-order valence-electron chi connectivity index (χ0n) is 14.5. The van der Waals surface area contributed by atoms with Gasteiger partial charge >= 0.3 is 5.97 Å². The number of carbonyl (C=O) groups is 1. The SMILES string of the molecule is CC1CCC(C2CCCC(C(=O)OC3CCC4OC4C3)C2)CC1. The molecule has 4 aliphatic rings. The molecule has 130 valence electrons. The first-order chi connectivity index (χ1) is 11.2. The van der Waals surface area contributed by atoms with Crippen LogP contribution in [0.1, 0.15) is 77.6 Å². The molecule has 0 bridgehead atoms. The van der Waals surface area contributed by atoms with Gasteiger partial charge in [-0.1, -0.05) is 32.6 Å². The molecule has 1 saturated heterocycles. The van der Waals surface area contributed by atoms with Crippen LogP contribution in [0.25, 0.3) is 0 Å². The highest BCUT2D eigenvalue weighted by Crippen LogP contribution is 2.42. The fraction of sp³-hybridized carbons (Fsp3) is 0.950. The first-order valence-electron chi connectivity index (χ1n) is 10.0. The summed E-state index contributed by atoms with van der Waals surface area (Å²) in [6.45, 7) is 2.38. The average molecular weight is 320 g/mol. The Labute approximate surface area is 140 Å². The monoisotopic (exact) mass is 320 g/mol. The molecule has 4 fully saturated rings. The molecule has 0 aromatic rings. The summed E-state index contributed by atoms with van der Waals surface area (Å²) < 4.78 is 11.4. The highest BCUT2D eigenvalue weighted by Gasteiger charge is 2.45. The van der Waals surface area contributed by atoms with Crippen LogP contribution in [0, 0.1) is 23.7 Å². The van der Waals surface area contributed by atoms with E-state index in [1.165, 1.54) is 38.5 Å². The van der Waals surface area contributed by atoms with Crippen molar-refractivity contribution in [3.05, 3.63) is 0 Å². The lowest BCUT2D eigenvalue weighted by Gasteiger charge is -2.37. The van der Waals surface area contributed by atoms with E-state index in [0.717, 1.165) is 49.9 Å². The molecule has 0 aromatic carbocycles. The van der Waals surface area contributed by atoms with Gasteiger partial charge in [-0.25, -0.2) is 0 Å². The molecule has 0 spiro atoms. The molecule has 3 saturated carbocycles. The molecule has 1 aliphatic heterocycles. The van der Waals surface area contributed by atoms with E-state index >= 15 is 0 Å². The highest BCUT2D eigenvalue weighted by molar-refractivity contribution is 5.72. The quantitative estimate of drug-likeness (QED) is 0.568. The second-order valence-corrected chi connectivity index (χ2v) is 8.73. The normalized spacial score (nSPS) is 46.7. The third-order valence-electron chi connectivity index (χ3n) is 7.01. The minimum absolute atomic E-state index is 0.1000. The highest BCUT2D eigenvalue weighted by atomic mass is 16.6.